The zero-order valence-electron chi connectivity index (χ0n) is 8.35. The van der Waals surface area contributed by atoms with Crippen molar-refractivity contribution < 1.29 is 5.48 Å². The average Bonchev–Trinajstić information content (AvgIpc) is 2.42. The molecule has 0 atom stereocenters. The fraction of sp³-hybridized carbons (Fsp3) is 1.00. The van der Waals surface area contributed by atoms with Crippen LogP contribution in [-0.4, -0.2) is 29.5 Å². The summed E-state index contributed by atoms with van der Waals surface area (Å²) >= 11 is 0. The summed E-state index contributed by atoms with van der Waals surface area (Å²) in [4.78, 5) is 2.53. The van der Waals surface area contributed by atoms with Crippen LogP contribution in [0.1, 0.15) is 40.5 Å². The second-order valence-electron chi connectivity index (χ2n) is 2.84. The molecule has 0 spiro atoms. The maximum Gasteiger partial charge on any atom is 0.00385 e. The molecular formula is C9H23NO. The highest BCUT2D eigenvalue weighted by molar-refractivity contribution is 4.68. The van der Waals surface area contributed by atoms with Crippen molar-refractivity contribution in [1.82, 2.24) is 4.90 Å². The first-order valence-electron chi connectivity index (χ1n) is 4.55. The van der Waals surface area contributed by atoms with Crippen molar-refractivity contribution in [2.24, 2.45) is 0 Å². The number of nitrogens with zero attached hydrogens (tertiary/aromatic N) is 1. The molecule has 0 unspecified atom stereocenters. The molecule has 0 aromatic carbocycles. The fourth-order valence-electron chi connectivity index (χ4n) is 1.26. The minimum atomic E-state index is 0. The van der Waals surface area contributed by atoms with Crippen molar-refractivity contribution in [2.75, 3.05) is 13.1 Å². The molecule has 1 aliphatic rings. The van der Waals surface area contributed by atoms with Gasteiger partial charge in [-0.3, -0.25) is 0 Å². The summed E-state index contributed by atoms with van der Waals surface area (Å²) in [6.07, 6.45) is 2.83. The van der Waals surface area contributed by atoms with Crippen molar-refractivity contribution >= 4 is 0 Å². The van der Waals surface area contributed by atoms with E-state index in [0.717, 1.165) is 6.04 Å². The summed E-state index contributed by atoms with van der Waals surface area (Å²) in [5.41, 5.74) is 0. The highest BCUT2D eigenvalue weighted by atomic mass is 16.0. The Morgan fingerprint density at radius 2 is 1.36 bits per heavy atom. The van der Waals surface area contributed by atoms with E-state index < -0.39 is 0 Å². The van der Waals surface area contributed by atoms with Gasteiger partial charge in [-0.05, 0) is 39.8 Å². The van der Waals surface area contributed by atoms with Gasteiger partial charge in [0.2, 0.25) is 0 Å². The average molecular weight is 161 g/mol. The van der Waals surface area contributed by atoms with Crippen molar-refractivity contribution in [3.05, 3.63) is 0 Å². The Kier molecular flexibility index (Phi) is 9.85. The standard InChI is InChI=1S/C7H15N.C2H6.H2O/c1-7(2)8-5-3-4-6-8;1-2;/h7H,3-6H2,1-2H3;1-2H3;1H2. The van der Waals surface area contributed by atoms with Gasteiger partial charge in [0.15, 0.2) is 0 Å². The van der Waals surface area contributed by atoms with Crippen molar-refractivity contribution in [1.29, 1.82) is 0 Å². The summed E-state index contributed by atoms with van der Waals surface area (Å²) in [5.74, 6) is 0. The first-order valence-corrected chi connectivity index (χ1v) is 4.55. The first-order chi connectivity index (χ1) is 4.80. The van der Waals surface area contributed by atoms with Crippen LogP contribution in [0.5, 0.6) is 0 Å². The lowest BCUT2D eigenvalue weighted by Gasteiger charge is -2.18. The van der Waals surface area contributed by atoms with Crippen molar-refractivity contribution in [3.8, 4) is 0 Å². The molecule has 1 heterocycles. The second-order valence-corrected chi connectivity index (χ2v) is 2.84. The predicted octanol–water partition coefficient (Wildman–Crippen LogP) is 1.69. The van der Waals surface area contributed by atoms with E-state index in [1.165, 1.54) is 25.9 Å². The van der Waals surface area contributed by atoms with Crippen LogP contribution < -0.4 is 0 Å². The Morgan fingerprint density at radius 3 is 1.55 bits per heavy atom. The molecule has 0 saturated carbocycles. The zero-order chi connectivity index (χ0) is 7.98. The number of hydrogen-bond donors (Lipinski definition) is 0. The summed E-state index contributed by atoms with van der Waals surface area (Å²) in [6.45, 7) is 11.2. The van der Waals surface area contributed by atoms with E-state index in [1.54, 1.807) is 0 Å². The van der Waals surface area contributed by atoms with E-state index in [2.05, 4.69) is 18.7 Å². The maximum atomic E-state index is 2.53. The van der Waals surface area contributed by atoms with Crippen LogP contribution in [0.4, 0.5) is 0 Å². The molecule has 2 N–H and O–H groups in total. The maximum absolute atomic E-state index is 2.53. The Balaban J connectivity index is 0. The van der Waals surface area contributed by atoms with Crippen LogP contribution >= 0.6 is 0 Å². The third-order valence-corrected chi connectivity index (χ3v) is 1.87. The lowest BCUT2D eigenvalue weighted by atomic mass is 10.3. The lowest BCUT2D eigenvalue weighted by Crippen LogP contribution is -2.26. The van der Waals surface area contributed by atoms with Gasteiger partial charge in [-0.1, -0.05) is 13.8 Å². The van der Waals surface area contributed by atoms with Crippen LogP contribution in [0, 0.1) is 0 Å². The molecule has 2 heteroatoms. The smallest absolute Gasteiger partial charge is 0.00385 e. The summed E-state index contributed by atoms with van der Waals surface area (Å²) in [6, 6.07) is 0.775. The third kappa shape index (κ3) is 5.22. The van der Waals surface area contributed by atoms with Gasteiger partial charge in [0, 0.05) is 6.04 Å². The highest BCUT2D eigenvalue weighted by Crippen LogP contribution is 2.09. The minimum Gasteiger partial charge on any atom is -0.412 e. The van der Waals surface area contributed by atoms with Gasteiger partial charge in [-0.2, -0.15) is 0 Å². The molecule has 70 valence electrons. The monoisotopic (exact) mass is 161 g/mol. The molecule has 0 radical (unpaired) electrons. The lowest BCUT2D eigenvalue weighted by molar-refractivity contribution is 0.276. The van der Waals surface area contributed by atoms with Crippen LogP contribution in [0.3, 0.4) is 0 Å². The summed E-state index contributed by atoms with van der Waals surface area (Å²) in [7, 11) is 0. The molecule has 0 bridgehead atoms. The molecule has 1 saturated heterocycles. The summed E-state index contributed by atoms with van der Waals surface area (Å²) < 4.78 is 0. The van der Waals surface area contributed by atoms with E-state index in [-0.39, 0.29) is 5.48 Å². The molecule has 0 amide bonds. The SMILES string of the molecule is CC.CC(C)N1CCCC1.O. The van der Waals surface area contributed by atoms with Crippen LogP contribution in [-0.2, 0) is 0 Å². The highest BCUT2D eigenvalue weighted by Gasteiger charge is 2.13. The number of hydrogen-bond acceptors (Lipinski definition) is 1. The quantitative estimate of drug-likeness (QED) is 0.576. The van der Waals surface area contributed by atoms with Crippen molar-refractivity contribution in [3.63, 3.8) is 0 Å². The van der Waals surface area contributed by atoms with Crippen LogP contribution in [0.2, 0.25) is 0 Å². The van der Waals surface area contributed by atoms with E-state index in [0.29, 0.717) is 0 Å². The predicted molar refractivity (Wildman–Crippen MR) is 50.9 cm³/mol. The normalized spacial score (nSPS) is 17.2. The van der Waals surface area contributed by atoms with E-state index in [4.69, 9.17) is 0 Å². The first kappa shape index (κ1) is 13.5. The number of likely N-dealkylation sites (tertiary alicyclic amines) is 1. The number of rotatable bonds is 1. The van der Waals surface area contributed by atoms with E-state index in [1.807, 2.05) is 13.8 Å². The van der Waals surface area contributed by atoms with Crippen molar-refractivity contribution in [2.45, 2.75) is 46.6 Å². The molecule has 11 heavy (non-hydrogen) atoms. The van der Waals surface area contributed by atoms with E-state index in [9.17, 15) is 0 Å². The van der Waals surface area contributed by atoms with Gasteiger partial charge in [-0.25, -0.2) is 0 Å². The molecule has 0 aliphatic carbocycles. The van der Waals surface area contributed by atoms with Gasteiger partial charge in [0.05, 0.1) is 0 Å². The molecular weight excluding hydrogens is 138 g/mol. The molecule has 1 aliphatic heterocycles. The molecule has 0 aromatic rings. The van der Waals surface area contributed by atoms with Crippen LogP contribution in [0.25, 0.3) is 0 Å². The molecule has 1 rings (SSSR count). The Morgan fingerprint density at radius 1 is 1.00 bits per heavy atom. The van der Waals surface area contributed by atoms with Gasteiger partial charge >= 0.3 is 0 Å². The largest absolute Gasteiger partial charge is 0.412 e. The van der Waals surface area contributed by atoms with Gasteiger partial charge < -0.3 is 10.4 Å². The second kappa shape index (κ2) is 8.02. The van der Waals surface area contributed by atoms with Gasteiger partial charge in [0.25, 0.3) is 0 Å². The van der Waals surface area contributed by atoms with Crippen LogP contribution in [0.15, 0.2) is 0 Å². The van der Waals surface area contributed by atoms with Gasteiger partial charge in [0.1, 0.15) is 0 Å². The Labute approximate surface area is 70.9 Å². The molecule has 2 nitrogen and oxygen atoms in total. The molecule has 0 aromatic heterocycles. The topological polar surface area (TPSA) is 34.7 Å². The fourth-order valence-corrected chi connectivity index (χ4v) is 1.26. The Bertz CT molecular complexity index is 68.0. The third-order valence-electron chi connectivity index (χ3n) is 1.87. The Hall–Kier alpha value is -0.0800. The zero-order valence-corrected chi connectivity index (χ0v) is 8.35. The van der Waals surface area contributed by atoms with E-state index >= 15 is 0 Å². The minimum absolute atomic E-state index is 0. The molecule has 1 fully saturated rings. The summed E-state index contributed by atoms with van der Waals surface area (Å²) in [5, 5.41) is 0. The van der Waals surface area contributed by atoms with Gasteiger partial charge in [-0.15, -0.1) is 0 Å².